The van der Waals surface area contributed by atoms with Crippen molar-refractivity contribution in [3.63, 3.8) is 0 Å². The highest BCUT2D eigenvalue weighted by atomic mass is 16.6. The molecule has 3 heterocycles. The summed E-state index contributed by atoms with van der Waals surface area (Å²) in [5.74, 6) is 0.824. The van der Waals surface area contributed by atoms with Crippen LogP contribution in [0.2, 0.25) is 0 Å². The zero-order valence-corrected chi connectivity index (χ0v) is 21.0. The van der Waals surface area contributed by atoms with Crippen molar-refractivity contribution in [3.05, 3.63) is 41.9 Å². The minimum Gasteiger partial charge on any atom is -0.494 e. The van der Waals surface area contributed by atoms with E-state index in [0.717, 1.165) is 63.3 Å². The fourth-order valence-electron chi connectivity index (χ4n) is 5.75. The Morgan fingerprint density at radius 3 is 2.83 bits per heavy atom. The third-order valence-corrected chi connectivity index (χ3v) is 7.00. The summed E-state index contributed by atoms with van der Waals surface area (Å²) in [4.78, 5) is 14.9. The van der Waals surface area contributed by atoms with Crippen LogP contribution in [0.3, 0.4) is 0 Å². The topological polar surface area (TPSA) is 94.3 Å². The molecule has 0 bridgehead atoms. The van der Waals surface area contributed by atoms with Crippen LogP contribution in [0, 0.1) is 5.92 Å². The van der Waals surface area contributed by atoms with Gasteiger partial charge in [-0.05, 0) is 49.4 Å². The lowest BCUT2D eigenvalue weighted by Gasteiger charge is -2.21. The molecule has 0 unspecified atom stereocenters. The molecule has 0 amide bonds. The number of fused-ring (bicyclic) bond motifs is 10. The van der Waals surface area contributed by atoms with E-state index in [1.807, 2.05) is 30.1 Å². The van der Waals surface area contributed by atoms with Crippen molar-refractivity contribution in [1.29, 1.82) is 0 Å². The number of benzene rings is 2. The molecule has 0 aliphatic heterocycles. The lowest BCUT2D eigenvalue weighted by atomic mass is 9.85. The number of aromatic amines is 1. The predicted octanol–water partition coefficient (Wildman–Crippen LogP) is 5.08. The van der Waals surface area contributed by atoms with Crippen molar-refractivity contribution < 1.29 is 19.4 Å². The lowest BCUT2D eigenvalue weighted by molar-refractivity contribution is -0.145. The fourth-order valence-corrected chi connectivity index (χ4v) is 5.75. The van der Waals surface area contributed by atoms with Gasteiger partial charge in [0.15, 0.2) is 12.5 Å². The summed E-state index contributed by atoms with van der Waals surface area (Å²) in [6.45, 7) is 7.27. The van der Waals surface area contributed by atoms with Gasteiger partial charge in [-0.15, -0.1) is 0 Å². The molecular formula is C28H30N4O4. The maximum Gasteiger partial charge on any atom is 0.344 e. The Kier molecular flexibility index (Phi) is 5.21. The monoisotopic (exact) mass is 486 g/mol. The average molecular weight is 487 g/mol. The number of H-pyrrole nitrogens is 1. The molecule has 186 valence electrons. The number of ether oxygens (including phenoxy) is 2. The standard InChI is InChI=1S/C28H30N4O4/c1-5-35-23(33)14-36-16-6-9-22-18(10-16)25-19-11-29-28(34)26(19)24-17(27(25)32(22)12-15(2)3)7-8-21-20(24)13-31(4)30-21/h6,9-11,13,15,29,34H,5,7-8,12,14H2,1-4H3. The van der Waals surface area contributed by atoms with E-state index in [4.69, 9.17) is 9.47 Å². The fraction of sp³-hybridized carbons (Fsp3) is 0.357. The molecule has 2 N–H and O–H groups in total. The number of carbonyl (C=O) groups excluding carboxylic acids is 1. The molecular weight excluding hydrogens is 456 g/mol. The van der Waals surface area contributed by atoms with E-state index < -0.39 is 0 Å². The van der Waals surface area contributed by atoms with Crippen molar-refractivity contribution in [2.75, 3.05) is 13.2 Å². The van der Waals surface area contributed by atoms with Gasteiger partial charge in [0.05, 0.1) is 23.2 Å². The normalized spacial score (nSPS) is 13.0. The lowest BCUT2D eigenvalue weighted by Crippen LogP contribution is -2.14. The molecule has 5 aromatic rings. The minimum absolute atomic E-state index is 0.135. The van der Waals surface area contributed by atoms with E-state index in [2.05, 4.69) is 40.8 Å². The van der Waals surface area contributed by atoms with Crippen molar-refractivity contribution in [3.8, 4) is 22.8 Å². The quantitative estimate of drug-likeness (QED) is 0.327. The van der Waals surface area contributed by atoms with Crippen LogP contribution >= 0.6 is 0 Å². The number of aromatic hydroxyl groups is 1. The van der Waals surface area contributed by atoms with E-state index in [-0.39, 0.29) is 18.5 Å². The molecule has 0 radical (unpaired) electrons. The van der Waals surface area contributed by atoms with Crippen LogP contribution in [0.15, 0.2) is 30.6 Å². The van der Waals surface area contributed by atoms with E-state index in [9.17, 15) is 9.90 Å². The molecule has 2 aromatic carbocycles. The van der Waals surface area contributed by atoms with Gasteiger partial charge < -0.3 is 24.1 Å². The van der Waals surface area contributed by atoms with Gasteiger partial charge in [0, 0.05) is 58.8 Å². The molecule has 8 heteroatoms. The second-order valence-electron chi connectivity index (χ2n) is 9.94. The van der Waals surface area contributed by atoms with E-state index in [1.54, 1.807) is 6.92 Å². The summed E-state index contributed by atoms with van der Waals surface area (Å²) in [5.41, 5.74) is 6.75. The molecule has 3 aromatic heterocycles. The second kappa shape index (κ2) is 8.33. The second-order valence-corrected chi connectivity index (χ2v) is 9.94. The Morgan fingerprint density at radius 2 is 2.06 bits per heavy atom. The van der Waals surface area contributed by atoms with Crippen LogP contribution in [-0.2, 0) is 36.0 Å². The van der Waals surface area contributed by atoms with Crippen molar-refractivity contribution in [2.45, 2.75) is 40.2 Å². The number of nitrogens with one attached hydrogen (secondary N) is 1. The van der Waals surface area contributed by atoms with Crippen LogP contribution in [-0.4, -0.2) is 43.6 Å². The SMILES string of the molecule is CCOC(=O)COc1ccc2c(c1)c1c3c[nH]c(O)c3c3c(c1n2CC(C)C)CCc1nn(C)cc1-3. The minimum atomic E-state index is -0.390. The molecule has 1 aliphatic rings. The summed E-state index contributed by atoms with van der Waals surface area (Å²) in [6, 6.07) is 5.98. The average Bonchev–Trinajstić information content (AvgIpc) is 3.50. The number of hydrogen-bond acceptors (Lipinski definition) is 5. The Labute approximate surface area is 208 Å². The number of aromatic nitrogens is 4. The number of rotatable bonds is 6. The summed E-state index contributed by atoms with van der Waals surface area (Å²) in [6.07, 6.45) is 5.65. The molecule has 0 atom stereocenters. The van der Waals surface area contributed by atoms with Gasteiger partial charge in [0.25, 0.3) is 0 Å². The number of esters is 1. The van der Waals surface area contributed by atoms with E-state index in [0.29, 0.717) is 18.3 Å². The van der Waals surface area contributed by atoms with Crippen LogP contribution < -0.4 is 4.74 Å². The van der Waals surface area contributed by atoms with Gasteiger partial charge >= 0.3 is 5.97 Å². The first-order valence-corrected chi connectivity index (χ1v) is 12.5. The smallest absolute Gasteiger partial charge is 0.344 e. The summed E-state index contributed by atoms with van der Waals surface area (Å²) < 4.78 is 15.1. The van der Waals surface area contributed by atoms with E-state index >= 15 is 0 Å². The molecule has 0 fully saturated rings. The highest BCUT2D eigenvalue weighted by Crippen LogP contribution is 2.49. The molecule has 6 rings (SSSR count). The highest BCUT2D eigenvalue weighted by Gasteiger charge is 2.30. The van der Waals surface area contributed by atoms with Crippen molar-refractivity contribution in [2.24, 2.45) is 13.0 Å². The van der Waals surface area contributed by atoms with Crippen LogP contribution in [0.4, 0.5) is 0 Å². The van der Waals surface area contributed by atoms with Crippen LogP contribution in [0.5, 0.6) is 11.6 Å². The third kappa shape index (κ3) is 3.35. The van der Waals surface area contributed by atoms with Gasteiger partial charge in [-0.1, -0.05) is 13.8 Å². The first-order chi connectivity index (χ1) is 17.4. The Balaban J connectivity index is 1.67. The summed E-state index contributed by atoms with van der Waals surface area (Å²) >= 11 is 0. The van der Waals surface area contributed by atoms with Gasteiger partial charge in [0.2, 0.25) is 0 Å². The van der Waals surface area contributed by atoms with Gasteiger partial charge in [-0.2, -0.15) is 5.10 Å². The highest BCUT2D eigenvalue weighted by molar-refractivity contribution is 6.26. The number of hydrogen-bond donors (Lipinski definition) is 2. The molecule has 0 saturated carbocycles. The molecule has 8 nitrogen and oxygen atoms in total. The summed E-state index contributed by atoms with van der Waals surface area (Å²) in [7, 11) is 1.94. The first-order valence-electron chi connectivity index (χ1n) is 12.5. The van der Waals surface area contributed by atoms with Crippen LogP contribution in [0.1, 0.15) is 32.0 Å². The van der Waals surface area contributed by atoms with Gasteiger partial charge in [-0.3, -0.25) is 4.68 Å². The first kappa shape index (κ1) is 22.5. The van der Waals surface area contributed by atoms with E-state index in [1.165, 1.54) is 11.1 Å². The molecule has 36 heavy (non-hydrogen) atoms. The van der Waals surface area contributed by atoms with Gasteiger partial charge in [-0.25, -0.2) is 4.79 Å². The third-order valence-electron chi connectivity index (χ3n) is 7.00. The number of aryl methyl sites for hydroxylation is 3. The maximum absolute atomic E-state index is 11.9. The summed E-state index contributed by atoms with van der Waals surface area (Å²) in [5, 5.41) is 19.6. The van der Waals surface area contributed by atoms with Crippen molar-refractivity contribution >= 4 is 38.5 Å². The maximum atomic E-state index is 11.9. The number of carbonyl (C=O) groups is 1. The van der Waals surface area contributed by atoms with Crippen LogP contribution in [0.25, 0.3) is 43.7 Å². The largest absolute Gasteiger partial charge is 0.494 e. The molecule has 0 saturated heterocycles. The Hall–Kier alpha value is -3.94. The molecule has 1 aliphatic carbocycles. The Morgan fingerprint density at radius 1 is 1.22 bits per heavy atom. The predicted molar refractivity (Wildman–Crippen MR) is 140 cm³/mol. The Bertz CT molecular complexity index is 1650. The van der Waals surface area contributed by atoms with Gasteiger partial charge in [0.1, 0.15) is 5.75 Å². The zero-order chi connectivity index (χ0) is 25.1. The molecule has 0 spiro atoms. The number of nitrogens with zero attached hydrogens (tertiary/aromatic N) is 3. The van der Waals surface area contributed by atoms with Crippen molar-refractivity contribution in [1.82, 2.24) is 19.3 Å². The zero-order valence-electron chi connectivity index (χ0n) is 21.0.